The van der Waals surface area contributed by atoms with E-state index in [9.17, 15) is 0 Å². The van der Waals surface area contributed by atoms with Crippen LogP contribution in [-0.4, -0.2) is 9.55 Å². The largest absolute Gasteiger partial charge is 0.345 e. The maximum absolute atomic E-state index is 4.22. The molecule has 0 bridgehead atoms. The second-order valence-corrected chi connectivity index (χ2v) is 5.46. The van der Waals surface area contributed by atoms with Crippen LogP contribution in [0.25, 0.3) is 10.9 Å². The zero-order chi connectivity index (χ0) is 12.4. The molecule has 1 aromatic carbocycles. The smallest absolute Gasteiger partial charge is 0.0677 e. The van der Waals surface area contributed by atoms with Crippen LogP contribution in [0.2, 0.25) is 0 Å². The van der Waals surface area contributed by atoms with E-state index in [1.54, 1.807) is 0 Å². The Bertz CT molecular complexity index is 659. The summed E-state index contributed by atoms with van der Waals surface area (Å²) in [4.78, 5) is 4.22. The van der Waals surface area contributed by atoms with Crippen LogP contribution in [-0.2, 0) is 13.0 Å². The van der Waals surface area contributed by atoms with Crippen molar-refractivity contribution in [1.82, 2.24) is 9.55 Å². The Morgan fingerprint density at radius 1 is 1.11 bits per heavy atom. The van der Waals surface area contributed by atoms with Crippen LogP contribution in [0, 0.1) is 3.57 Å². The summed E-state index contributed by atoms with van der Waals surface area (Å²) in [6.45, 7) is 0.995. The first kappa shape index (κ1) is 11.7. The first-order valence-electron chi connectivity index (χ1n) is 5.97. The van der Waals surface area contributed by atoms with E-state index in [-0.39, 0.29) is 0 Å². The quantitative estimate of drug-likeness (QED) is 0.657. The van der Waals surface area contributed by atoms with Crippen LogP contribution in [0.1, 0.15) is 5.56 Å². The molecule has 0 atom stereocenters. The van der Waals surface area contributed by atoms with Crippen LogP contribution in [0.5, 0.6) is 0 Å². The lowest BCUT2D eigenvalue weighted by atomic mass is 10.1. The van der Waals surface area contributed by atoms with Crippen molar-refractivity contribution >= 4 is 33.5 Å². The van der Waals surface area contributed by atoms with Gasteiger partial charge in [-0.3, -0.25) is 4.98 Å². The average Bonchev–Trinajstić information content (AvgIpc) is 2.75. The molecule has 0 saturated carbocycles. The Balaban J connectivity index is 1.87. The van der Waals surface area contributed by atoms with E-state index < -0.39 is 0 Å². The van der Waals surface area contributed by atoms with Crippen LogP contribution < -0.4 is 0 Å². The summed E-state index contributed by atoms with van der Waals surface area (Å²) in [7, 11) is 0. The highest BCUT2D eigenvalue weighted by Crippen LogP contribution is 2.22. The molecule has 0 aliphatic rings. The average molecular weight is 348 g/mol. The van der Waals surface area contributed by atoms with Gasteiger partial charge in [0.1, 0.15) is 0 Å². The van der Waals surface area contributed by atoms with Gasteiger partial charge in [0.2, 0.25) is 0 Å². The number of halogens is 1. The molecule has 0 unspecified atom stereocenters. The van der Waals surface area contributed by atoms with Crippen LogP contribution >= 0.6 is 22.6 Å². The molecule has 0 spiro atoms. The molecule has 0 radical (unpaired) electrons. The first-order chi connectivity index (χ1) is 8.84. The Labute approximate surface area is 120 Å². The molecule has 0 saturated heterocycles. The van der Waals surface area contributed by atoms with Crippen molar-refractivity contribution in [2.24, 2.45) is 0 Å². The minimum absolute atomic E-state index is 0.995. The molecule has 90 valence electrons. The SMILES string of the molecule is Ic1cn(CCc2ccccc2)c2cnccc12. The van der Waals surface area contributed by atoms with Gasteiger partial charge >= 0.3 is 0 Å². The maximum atomic E-state index is 4.22. The summed E-state index contributed by atoms with van der Waals surface area (Å²) in [6, 6.07) is 12.7. The van der Waals surface area contributed by atoms with Gasteiger partial charge in [-0.1, -0.05) is 30.3 Å². The number of pyridine rings is 1. The van der Waals surface area contributed by atoms with Gasteiger partial charge < -0.3 is 4.57 Å². The van der Waals surface area contributed by atoms with E-state index >= 15 is 0 Å². The second kappa shape index (κ2) is 5.10. The Hall–Kier alpha value is -1.36. The van der Waals surface area contributed by atoms with Crippen molar-refractivity contribution in [3.63, 3.8) is 0 Å². The lowest BCUT2D eigenvalue weighted by Crippen LogP contribution is -1.99. The Morgan fingerprint density at radius 3 is 2.78 bits per heavy atom. The van der Waals surface area contributed by atoms with Crippen molar-refractivity contribution in [1.29, 1.82) is 0 Å². The number of aromatic nitrogens is 2. The van der Waals surface area contributed by atoms with Crippen molar-refractivity contribution in [2.45, 2.75) is 13.0 Å². The molecule has 0 aliphatic heterocycles. The van der Waals surface area contributed by atoms with Gasteiger partial charge in [0, 0.05) is 27.9 Å². The second-order valence-electron chi connectivity index (χ2n) is 4.30. The molecule has 0 fully saturated rings. The third-order valence-corrected chi connectivity index (χ3v) is 3.98. The number of benzene rings is 1. The van der Waals surface area contributed by atoms with Gasteiger partial charge in [0.25, 0.3) is 0 Å². The fraction of sp³-hybridized carbons (Fsp3) is 0.133. The summed E-state index contributed by atoms with van der Waals surface area (Å²) in [5.74, 6) is 0. The van der Waals surface area contributed by atoms with Crippen LogP contribution in [0.3, 0.4) is 0 Å². The lowest BCUT2D eigenvalue weighted by Gasteiger charge is -2.05. The molecule has 2 aromatic heterocycles. The number of hydrogen-bond acceptors (Lipinski definition) is 1. The van der Waals surface area contributed by atoms with E-state index in [0.29, 0.717) is 0 Å². The zero-order valence-corrected chi connectivity index (χ0v) is 12.0. The molecule has 3 heteroatoms. The normalized spacial score (nSPS) is 10.9. The predicted molar refractivity (Wildman–Crippen MR) is 82.6 cm³/mol. The summed E-state index contributed by atoms with van der Waals surface area (Å²) in [6.07, 6.45) is 7.06. The van der Waals surface area contributed by atoms with E-state index in [4.69, 9.17) is 0 Å². The standard InChI is InChI=1S/C15H13IN2/c16-14-11-18(15-10-17-8-6-13(14)15)9-7-12-4-2-1-3-5-12/h1-6,8,10-11H,7,9H2. The molecule has 2 nitrogen and oxygen atoms in total. The van der Waals surface area contributed by atoms with Gasteiger partial charge in [0.15, 0.2) is 0 Å². The number of nitrogens with zero attached hydrogens (tertiary/aromatic N) is 2. The zero-order valence-electron chi connectivity index (χ0n) is 9.88. The summed E-state index contributed by atoms with van der Waals surface area (Å²) in [5.41, 5.74) is 2.59. The monoisotopic (exact) mass is 348 g/mol. The van der Waals surface area contributed by atoms with Gasteiger partial charge in [-0.15, -0.1) is 0 Å². The molecular formula is C15H13IN2. The highest BCUT2D eigenvalue weighted by Gasteiger charge is 2.05. The third-order valence-electron chi connectivity index (χ3n) is 3.12. The fourth-order valence-corrected chi connectivity index (χ4v) is 2.96. The van der Waals surface area contributed by atoms with E-state index in [0.717, 1.165) is 13.0 Å². The lowest BCUT2D eigenvalue weighted by molar-refractivity contribution is 0.721. The van der Waals surface area contributed by atoms with E-state index in [1.165, 1.54) is 20.0 Å². The van der Waals surface area contributed by atoms with Crippen molar-refractivity contribution in [2.75, 3.05) is 0 Å². The highest BCUT2D eigenvalue weighted by molar-refractivity contribution is 14.1. The minimum Gasteiger partial charge on any atom is -0.345 e. The molecule has 0 amide bonds. The van der Waals surface area contributed by atoms with Gasteiger partial charge in [0.05, 0.1) is 11.7 Å². The van der Waals surface area contributed by atoms with Crippen molar-refractivity contribution in [3.05, 3.63) is 64.1 Å². The van der Waals surface area contributed by atoms with Crippen molar-refractivity contribution < 1.29 is 0 Å². The van der Waals surface area contributed by atoms with Gasteiger partial charge in [-0.05, 0) is 40.6 Å². The molecule has 0 N–H and O–H groups in total. The Kier molecular flexibility index (Phi) is 3.32. The maximum Gasteiger partial charge on any atom is 0.0677 e. The van der Waals surface area contributed by atoms with Gasteiger partial charge in [-0.2, -0.15) is 0 Å². The number of aryl methyl sites for hydroxylation is 2. The van der Waals surface area contributed by atoms with E-state index in [2.05, 4.69) is 74.7 Å². The van der Waals surface area contributed by atoms with Crippen molar-refractivity contribution in [3.8, 4) is 0 Å². The molecule has 0 aliphatic carbocycles. The third kappa shape index (κ3) is 2.27. The topological polar surface area (TPSA) is 17.8 Å². The van der Waals surface area contributed by atoms with Gasteiger partial charge in [-0.25, -0.2) is 0 Å². The molecule has 3 rings (SSSR count). The number of hydrogen-bond donors (Lipinski definition) is 0. The molecule has 18 heavy (non-hydrogen) atoms. The summed E-state index contributed by atoms with van der Waals surface area (Å²) < 4.78 is 3.58. The summed E-state index contributed by atoms with van der Waals surface area (Å²) >= 11 is 2.38. The predicted octanol–water partition coefficient (Wildman–Crippen LogP) is 3.88. The highest BCUT2D eigenvalue weighted by atomic mass is 127. The van der Waals surface area contributed by atoms with Crippen LogP contribution in [0.15, 0.2) is 55.0 Å². The summed E-state index contributed by atoms with van der Waals surface area (Å²) in [5, 5.41) is 1.29. The molecule has 3 aromatic rings. The fourth-order valence-electron chi connectivity index (χ4n) is 2.17. The molecule has 2 heterocycles. The number of rotatable bonds is 3. The number of fused-ring (bicyclic) bond motifs is 1. The van der Waals surface area contributed by atoms with Crippen LogP contribution in [0.4, 0.5) is 0 Å². The molecular weight excluding hydrogens is 335 g/mol. The Morgan fingerprint density at radius 2 is 1.94 bits per heavy atom. The van der Waals surface area contributed by atoms with E-state index in [1.807, 2.05) is 12.4 Å². The minimum atomic E-state index is 0.995. The first-order valence-corrected chi connectivity index (χ1v) is 7.05.